The second-order valence-electron chi connectivity index (χ2n) is 5.01. The Morgan fingerprint density at radius 2 is 2.12 bits per heavy atom. The fraction of sp³-hybridized carbons (Fsp3) is 0.769. The zero-order chi connectivity index (χ0) is 12.1. The minimum absolute atomic E-state index is 0.676. The predicted octanol–water partition coefficient (Wildman–Crippen LogP) is 2.77. The summed E-state index contributed by atoms with van der Waals surface area (Å²) in [5.41, 5.74) is 0. The average molecular weight is 300 g/mol. The lowest BCUT2D eigenvalue weighted by molar-refractivity contribution is 0.181. The van der Waals surface area contributed by atoms with Crippen LogP contribution in [0.4, 0.5) is 0 Å². The van der Waals surface area contributed by atoms with Gasteiger partial charge in [0.05, 0.1) is 6.33 Å². The molecule has 1 aromatic heterocycles. The van der Waals surface area contributed by atoms with Crippen molar-refractivity contribution in [3.63, 3.8) is 0 Å². The second kappa shape index (κ2) is 6.55. The normalized spacial score (nSPS) is 20.6. The van der Waals surface area contributed by atoms with Crippen LogP contribution in [0.5, 0.6) is 0 Å². The number of likely N-dealkylation sites (tertiary alicyclic amines) is 1. The molecule has 1 saturated heterocycles. The Bertz CT molecular complexity index is 302. The topological polar surface area (TPSA) is 21.1 Å². The first-order valence-corrected chi connectivity index (χ1v) is 7.49. The maximum Gasteiger partial charge on any atom is 0.0945 e. The molecule has 1 aliphatic heterocycles. The number of imidazole rings is 1. The van der Waals surface area contributed by atoms with Crippen molar-refractivity contribution in [3.8, 4) is 0 Å². The van der Waals surface area contributed by atoms with Gasteiger partial charge in [0, 0.05) is 23.8 Å². The van der Waals surface area contributed by atoms with Crippen LogP contribution in [0.1, 0.15) is 26.2 Å². The maximum absolute atomic E-state index is 4.06. The van der Waals surface area contributed by atoms with E-state index in [1.807, 2.05) is 18.7 Å². The van der Waals surface area contributed by atoms with Gasteiger partial charge in [0.15, 0.2) is 0 Å². The van der Waals surface area contributed by atoms with Crippen LogP contribution in [-0.2, 0) is 6.54 Å². The third kappa shape index (κ3) is 4.11. The van der Waals surface area contributed by atoms with Gasteiger partial charge in [-0.05, 0) is 44.8 Å². The number of aromatic nitrogens is 2. The highest BCUT2D eigenvalue weighted by atomic mass is 79.9. The summed E-state index contributed by atoms with van der Waals surface area (Å²) in [5.74, 6) is 0.875. The molecule has 2 heterocycles. The van der Waals surface area contributed by atoms with Gasteiger partial charge in [0.25, 0.3) is 0 Å². The summed E-state index contributed by atoms with van der Waals surface area (Å²) in [5, 5.41) is 0. The van der Waals surface area contributed by atoms with Crippen LogP contribution in [0.2, 0.25) is 0 Å². The van der Waals surface area contributed by atoms with Crippen LogP contribution in [0.25, 0.3) is 0 Å². The lowest BCUT2D eigenvalue weighted by atomic mass is 9.94. The first-order chi connectivity index (χ1) is 8.25. The number of alkyl halides is 1. The highest BCUT2D eigenvalue weighted by Gasteiger charge is 2.21. The highest BCUT2D eigenvalue weighted by molar-refractivity contribution is 9.09. The largest absolute Gasteiger partial charge is 0.337 e. The van der Waals surface area contributed by atoms with Gasteiger partial charge >= 0.3 is 0 Å². The quantitative estimate of drug-likeness (QED) is 0.780. The number of halogens is 1. The zero-order valence-corrected chi connectivity index (χ0v) is 12.1. The van der Waals surface area contributed by atoms with Crippen molar-refractivity contribution in [2.75, 3.05) is 19.6 Å². The number of hydrogen-bond acceptors (Lipinski definition) is 2. The molecule has 1 aliphatic rings. The van der Waals surface area contributed by atoms with Gasteiger partial charge in [-0.1, -0.05) is 22.9 Å². The first-order valence-electron chi connectivity index (χ1n) is 6.58. The minimum Gasteiger partial charge on any atom is -0.337 e. The molecule has 0 amide bonds. The van der Waals surface area contributed by atoms with Crippen LogP contribution in [0.15, 0.2) is 18.7 Å². The SMILES string of the molecule is CC(Br)C1CCN(CCCn2ccnc2)CC1. The molecule has 0 bridgehead atoms. The van der Waals surface area contributed by atoms with Crippen LogP contribution in [0.3, 0.4) is 0 Å². The maximum atomic E-state index is 4.06. The summed E-state index contributed by atoms with van der Waals surface area (Å²) in [7, 11) is 0. The van der Waals surface area contributed by atoms with Gasteiger partial charge in [-0.15, -0.1) is 0 Å². The van der Waals surface area contributed by atoms with Crippen molar-refractivity contribution < 1.29 is 0 Å². The number of nitrogens with zero attached hydrogens (tertiary/aromatic N) is 3. The van der Waals surface area contributed by atoms with Gasteiger partial charge in [-0.25, -0.2) is 4.98 Å². The van der Waals surface area contributed by atoms with Crippen molar-refractivity contribution in [1.29, 1.82) is 0 Å². The van der Waals surface area contributed by atoms with Crippen LogP contribution >= 0.6 is 15.9 Å². The number of aryl methyl sites for hydroxylation is 1. The van der Waals surface area contributed by atoms with Gasteiger partial charge in [-0.3, -0.25) is 0 Å². The van der Waals surface area contributed by atoms with Crippen molar-refractivity contribution in [2.24, 2.45) is 5.92 Å². The van der Waals surface area contributed by atoms with E-state index in [0.717, 1.165) is 12.5 Å². The molecule has 1 aromatic rings. The molecule has 0 aliphatic carbocycles. The predicted molar refractivity (Wildman–Crippen MR) is 74.4 cm³/mol. The van der Waals surface area contributed by atoms with Crippen LogP contribution < -0.4 is 0 Å². The first kappa shape index (κ1) is 13.1. The van der Waals surface area contributed by atoms with Crippen LogP contribution in [0, 0.1) is 5.92 Å². The van der Waals surface area contributed by atoms with E-state index >= 15 is 0 Å². The molecule has 1 fully saturated rings. The van der Waals surface area contributed by atoms with Crippen molar-refractivity contribution >= 4 is 15.9 Å². The molecule has 0 radical (unpaired) electrons. The molecule has 0 N–H and O–H groups in total. The van der Waals surface area contributed by atoms with E-state index in [1.54, 1.807) is 0 Å². The summed E-state index contributed by atoms with van der Waals surface area (Å²) < 4.78 is 2.16. The van der Waals surface area contributed by atoms with E-state index in [4.69, 9.17) is 0 Å². The Balaban J connectivity index is 1.62. The standard InChI is InChI=1S/C13H22BrN3/c1-12(14)13-3-8-16(9-4-13)6-2-7-17-10-5-15-11-17/h5,10-13H,2-4,6-9H2,1H3. The average Bonchev–Trinajstić information content (AvgIpc) is 2.83. The van der Waals surface area contributed by atoms with Crippen molar-refractivity contribution in [3.05, 3.63) is 18.7 Å². The van der Waals surface area contributed by atoms with Crippen molar-refractivity contribution in [2.45, 2.75) is 37.6 Å². The monoisotopic (exact) mass is 299 g/mol. The zero-order valence-electron chi connectivity index (χ0n) is 10.6. The smallest absolute Gasteiger partial charge is 0.0945 e. The highest BCUT2D eigenvalue weighted by Crippen LogP contribution is 2.24. The molecular weight excluding hydrogens is 278 g/mol. The van der Waals surface area contributed by atoms with E-state index in [0.29, 0.717) is 4.83 Å². The molecule has 17 heavy (non-hydrogen) atoms. The number of rotatable bonds is 5. The fourth-order valence-electron chi connectivity index (χ4n) is 2.53. The lowest BCUT2D eigenvalue weighted by Crippen LogP contribution is -2.36. The summed E-state index contributed by atoms with van der Waals surface area (Å²) in [6.45, 7) is 7.13. The second-order valence-corrected chi connectivity index (χ2v) is 6.46. The molecule has 0 saturated carbocycles. The Morgan fingerprint density at radius 1 is 1.35 bits per heavy atom. The van der Waals surface area contributed by atoms with E-state index in [-0.39, 0.29) is 0 Å². The summed E-state index contributed by atoms with van der Waals surface area (Å²) in [6.07, 6.45) is 9.71. The van der Waals surface area contributed by atoms with E-state index < -0.39 is 0 Å². The van der Waals surface area contributed by atoms with Gasteiger partial charge in [-0.2, -0.15) is 0 Å². The molecule has 0 aromatic carbocycles. The molecule has 1 unspecified atom stereocenters. The molecule has 96 valence electrons. The fourth-order valence-corrected chi connectivity index (χ4v) is 3.06. The summed E-state index contributed by atoms with van der Waals surface area (Å²) >= 11 is 3.71. The van der Waals surface area contributed by atoms with E-state index in [1.165, 1.54) is 38.9 Å². The molecular formula is C13H22BrN3. The third-order valence-corrected chi connectivity index (χ3v) is 4.48. The summed E-state index contributed by atoms with van der Waals surface area (Å²) in [6, 6.07) is 0. The molecule has 2 rings (SSSR count). The molecule has 4 heteroatoms. The molecule has 3 nitrogen and oxygen atoms in total. The van der Waals surface area contributed by atoms with Gasteiger partial charge in [0.2, 0.25) is 0 Å². The molecule has 0 spiro atoms. The Labute approximate surface area is 112 Å². The number of piperidine rings is 1. The Hall–Kier alpha value is -0.350. The molecule has 1 atom stereocenters. The van der Waals surface area contributed by atoms with E-state index in [2.05, 4.69) is 37.3 Å². The number of hydrogen-bond donors (Lipinski definition) is 0. The Morgan fingerprint density at radius 3 is 2.71 bits per heavy atom. The third-order valence-electron chi connectivity index (χ3n) is 3.73. The minimum atomic E-state index is 0.676. The van der Waals surface area contributed by atoms with E-state index in [9.17, 15) is 0 Å². The van der Waals surface area contributed by atoms with Gasteiger partial charge in [0.1, 0.15) is 0 Å². The van der Waals surface area contributed by atoms with Gasteiger partial charge < -0.3 is 9.47 Å². The lowest BCUT2D eigenvalue weighted by Gasteiger charge is -2.33. The van der Waals surface area contributed by atoms with Crippen LogP contribution in [-0.4, -0.2) is 38.9 Å². The Kier molecular flexibility index (Phi) is 5.04. The summed E-state index contributed by atoms with van der Waals surface area (Å²) in [4.78, 5) is 7.34. The van der Waals surface area contributed by atoms with Crippen molar-refractivity contribution in [1.82, 2.24) is 14.5 Å².